The zero-order valence-electron chi connectivity index (χ0n) is 12.1. The molecular formula is C15H20N2O3S. The van der Waals surface area contributed by atoms with Gasteiger partial charge in [0.25, 0.3) is 0 Å². The van der Waals surface area contributed by atoms with Crippen LogP contribution in [0.4, 0.5) is 5.69 Å². The number of anilines is 1. The van der Waals surface area contributed by atoms with E-state index in [0.717, 1.165) is 12.0 Å². The predicted octanol–water partition coefficient (Wildman–Crippen LogP) is 1.41. The first-order chi connectivity index (χ1) is 9.82. The molecule has 1 amide bonds. The summed E-state index contributed by atoms with van der Waals surface area (Å²) >= 11 is 0. The number of piperidine rings is 1. The number of hydrogen-bond donors (Lipinski definition) is 2. The molecule has 3 N–H and O–H groups in total. The SMILES string of the molecule is Cc1cc(S(=O)(=O)C2CC3(CCNC(=O)C3)C2)ccc1N. The number of carbonyl (C=O) groups excluding carboxylic acids is 1. The average Bonchev–Trinajstić information content (AvgIpc) is 2.39. The minimum absolute atomic E-state index is 0.0421. The average molecular weight is 308 g/mol. The molecule has 3 rings (SSSR count). The van der Waals surface area contributed by atoms with Gasteiger partial charge >= 0.3 is 0 Å². The van der Waals surface area contributed by atoms with Crippen LogP contribution in [0.1, 0.15) is 31.2 Å². The van der Waals surface area contributed by atoms with Crippen LogP contribution in [0.5, 0.6) is 0 Å². The van der Waals surface area contributed by atoms with Crippen molar-refractivity contribution in [3.8, 4) is 0 Å². The lowest BCUT2D eigenvalue weighted by atomic mass is 9.63. The molecule has 0 unspecified atom stereocenters. The Morgan fingerprint density at radius 3 is 2.67 bits per heavy atom. The first-order valence-corrected chi connectivity index (χ1v) is 8.74. The van der Waals surface area contributed by atoms with Crippen LogP contribution in [-0.2, 0) is 14.6 Å². The highest BCUT2D eigenvalue weighted by atomic mass is 32.2. The third kappa shape index (κ3) is 2.41. The van der Waals surface area contributed by atoms with Gasteiger partial charge in [0, 0.05) is 18.7 Å². The van der Waals surface area contributed by atoms with Crippen molar-refractivity contribution in [3.05, 3.63) is 23.8 Å². The van der Waals surface area contributed by atoms with E-state index in [1.807, 2.05) is 6.92 Å². The van der Waals surface area contributed by atoms with E-state index in [4.69, 9.17) is 5.73 Å². The van der Waals surface area contributed by atoms with E-state index < -0.39 is 9.84 Å². The summed E-state index contributed by atoms with van der Waals surface area (Å²) in [6.45, 7) is 2.47. The van der Waals surface area contributed by atoms with Gasteiger partial charge in [-0.05, 0) is 55.4 Å². The largest absolute Gasteiger partial charge is 0.399 e. The van der Waals surface area contributed by atoms with Crippen molar-refractivity contribution in [2.45, 2.75) is 42.8 Å². The molecule has 1 spiro atoms. The Balaban J connectivity index is 1.78. The molecule has 114 valence electrons. The Morgan fingerprint density at radius 1 is 1.33 bits per heavy atom. The number of carbonyl (C=O) groups is 1. The molecule has 1 aliphatic carbocycles. The zero-order valence-corrected chi connectivity index (χ0v) is 12.9. The summed E-state index contributed by atoms with van der Waals surface area (Å²) in [5.74, 6) is 0.0421. The molecule has 21 heavy (non-hydrogen) atoms. The minimum atomic E-state index is -3.32. The summed E-state index contributed by atoms with van der Waals surface area (Å²) < 4.78 is 25.3. The third-order valence-corrected chi connectivity index (χ3v) is 6.97. The fourth-order valence-electron chi connectivity index (χ4n) is 3.45. The first kappa shape index (κ1) is 14.4. The number of nitrogens with two attached hydrogens (primary N) is 1. The van der Waals surface area contributed by atoms with Crippen molar-refractivity contribution < 1.29 is 13.2 Å². The summed E-state index contributed by atoms with van der Waals surface area (Å²) in [6, 6.07) is 4.87. The maximum atomic E-state index is 12.6. The summed E-state index contributed by atoms with van der Waals surface area (Å²) in [5, 5.41) is 2.43. The normalized spacial score (nSPS) is 29.0. The highest BCUT2D eigenvalue weighted by Gasteiger charge is 2.51. The van der Waals surface area contributed by atoms with Gasteiger partial charge in [0.1, 0.15) is 0 Å². The van der Waals surface area contributed by atoms with Gasteiger partial charge in [-0.3, -0.25) is 4.79 Å². The van der Waals surface area contributed by atoms with Crippen LogP contribution < -0.4 is 11.1 Å². The van der Waals surface area contributed by atoms with Crippen LogP contribution in [-0.4, -0.2) is 26.1 Å². The number of nitrogens with one attached hydrogen (secondary N) is 1. The second-order valence-corrected chi connectivity index (χ2v) is 8.60. The molecule has 1 heterocycles. The van der Waals surface area contributed by atoms with Gasteiger partial charge in [0.15, 0.2) is 9.84 Å². The fourth-order valence-corrected chi connectivity index (χ4v) is 5.58. The lowest BCUT2D eigenvalue weighted by Gasteiger charge is -2.49. The molecule has 0 bridgehead atoms. The van der Waals surface area contributed by atoms with Crippen LogP contribution in [0, 0.1) is 12.3 Å². The van der Waals surface area contributed by atoms with Crippen molar-refractivity contribution in [2.24, 2.45) is 5.41 Å². The Bertz CT molecular complexity index is 691. The molecular weight excluding hydrogens is 288 g/mol. The van der Waals surface area contributed by atoms with E-state index in [0.29, 0.717) is 36.4 Å². The minimum Gasteiger partial charge on any atom is -0.399 e. The molecule has 2 fully saturated rings. The maximum absolute atomic E-state index is 12.6. The number of rotatable bonds is 2. The second kappa shape index (κ2) is 4.73. The number of nitrogen functional groups attached to an aromatic ring is 1. The fraction of sp³-hybridized carbons (Fsp3) is 0.533. The van der Waals surface area contributed by atoms with Crippen LogP contribution in [0.2, 0.25) is 0 Å². The van der Waals surface area contributed by atoms with Crippen molar-refractivity contribution in [2.75, 3.05) is 12.3 Å². The lowest BCUT2D eigenvalue weighted by Crippen LogP contribution is -2.52. The summed E-state index contributed by atoms with van der Waals surface area (Å²) in [7, 11) is -3.32. The molecule has 1 aromatic rings. The lowest BCUT2D eigenvalue weighted by molar-refractivity contribution is -0.127. The summed E-state index contributed by atoms with van der Waals surface area (Å²) in [6.07, 6.45) is 2.52. The Labute approximate surface area is 124 Å². The molecule has 0 atom stereocenters. The summed E-state index contributed by atoms with van der Waals surface area (Å²) in [5.41, 5.74) is 7.03. The highest BCUT2D eigenvalue weighted by Crippen LogP contribution is 2.51. The van der Waals surface area contributed by atoms with E-state index in [2.05, 4.69) is 5.32 Å². The second-order valence-electron chi connectivity index (χ2n) is 6.37. The highest BCUT2D eigenvalue weighted by molar-refractivity contribution is 7.92. The number of aryl methyl sites for hydroxylation is 1. The molecule has 1 saturated carbocycles. The van der Waals surface area contributed by atoms with Crippen LogP contribution in [0.15, 0.2) is 23.1 Å². The molecule has 1 saturated heterocycles. The molecule has 1 aliphatic heterocycles. The Hall–Kier alpha value is -1.56. The van der Waals surface area contributed by atoms with E-state index in [1.54, 1.807) is 18.2 Å². The number of amides is 1. The van der Waals surface area contributed by atoms with Gasteiger partial charge in [-0.15, -0.1) is 0 Å². The van der Waals surface area contributed by atoms with Crippen molar-refractivity contribution in [1.29, 1.82) is 0 Å². The van der Waals surface area contributed by atoms with Gasteiger partial charge in [0.2, 0.25) is 5.91 Å². The van der Waals surface area contributed by atoms with Crippen LogP contribution in [0.25, 0.3) is 0 Å². The molecule has 2 aliphatic rings. The Kier molecular flexibility index (Phi) is 3.24. The van der Waals surface area contributed by atoms with Crippen molar-refractivity contribution in [3.63, 3.8) is 0 Å². The monoisotopic (exact) mass is 308 g/mol. The smallest absolute Gasteiger partial charge is 0.220 e. The van der Waals surface area contributed by atoms with E-state index in [-0.39, 0.29) is 16.6 Å². The molecule has 6 heteroatoms. The van der Waals surface area contributed by atoms with Gasteiger partial charge in [0.05, 0.1) is 10.1 Å². The van der Waals surface area contributed by atoms with Crippen LogP contribution in [0.3, 0.4) is 0 Å². The third-order valence-electron chi connectivity index (χ3n) is 4.84. The quantitative estimate of drug-likeness (QED) is 0.808. The number of hydrogen-bond acceptors (Lipinski definition) is 4. The van der Waals surface area contributed by atoms with Gasteiger partial charge in [-0.25, -0.2) is 8.42 Å². The Morgan fingerprint density at radius 2 is 2.05 bits per heavy atom. The van der Waals surface area contributed by atoms with Crippen molar-refractivity contribution >= 4 is 21.4 Å². The van der Waals surface area contributed by atoms with Crippen LogP contribution >= 0.6 is 0 Å². The van der Waals surface area contributed by atoms with Gasteiger partial charge in [-0.2, -0.15) is 0 Å². The molecule has 5 nitrogen and oxygen atoms in total. The standard InChI is InChI=1S/C15H20N2O3S/c1-10-6-11(2-3-13(10)16)21(19,20)12-7-15(8-12)4-5-17-14(18)9-15/h2-3,6,12H,4-5,7-9,16H2,1H3,(H,17,18). The number of sulfone groups is 1. The topological polar surface area (TPSA) is 89.3 Å². The molecule has 0 radical (unpaired) electrons. The number of benzene rings is 1. The van der Waals surface area contributed by atoms with E-state index >= 15 is 0 Å². The summed E-state index contributed by atoms with van der Waals surface area (Å²) in [4.78, 5) is 11.8. The van der Waals surface area contributed by atoms with E-state index in [9.17, 15) is 13.2 Å². The molecule has 1 aromatic carbocycles. The van der Waals surface area contributed by atoms with E-state index in [1.165, 1.54) is 0 Å². The first-order valence-electron chi connectivity index (χ1n) is 7.19. The maximum Gasteiger partial charge on any atom is 0.220 e. The molecule has 0 aromatic heterocycles. The van der Waals surface area contributed by atoms with Crippen molar-refractivity contribution in [1.82, 2.24) is 5.32 Å². The zero-order chi connectivity index (χ0) is 15.3. The van der Waals surface area contributed by atoms with Gasteiger partial charge in [-0.1, -0.05) is 0 Å². The van der Waals surface area contributed by atoms with Gasteiger partial charge < -0.3 is 11.1 Å². The predicted molar refractivity (Wildman–Crippen MR) is 80.5 cm³/mol.